The van der Waals surface area contributed by atoms with Gasteiger partial charge in [-0.1, -0.05) is 12.1 Å². The molecule has 0 bridgehead atoms. The van der Waals surface area contributed by atoms with Gasteiger partial charge in [0.15, 0.2) is 0 Å². The second-order valence-corrected chi connectivity index (χ2v) is 7.11. The maximum absolute atomic E-state index is 11.3. The number of carbonyl (C=O) groups is 1. The summed E-state index contributed by atoms with van der Waals surface area (Å²) in [6.45, 7) is 4.21. The van der Waals surface area contributed by atoms with E-state index in [1.807, 2.05) is 24.3 Å². The minimum Gasteiger partial charge on any atom is -0.368 e. The van der Waals surface area contributed by atoms with Gasteiger partial charge in [-0.3, -0.25) is 24.8 Å². The van der Waals surface area contributed by atoms with E-state index in [-0.39, 0.29) is 10.6 Å². The van der Waals surface area contributed by atoms with Crippen LogP contribution < -0.4 is 10.6 Å². The largest absolute Gasteiger partial charge is 0.368 e. The van der Waals surface area contributed by atoms with Gasteiger partial charge in [-0.15, -0.1) is 0 Å². The molecule has 0 atom stereocenters. The van der Waals surface area contributed by atoms with Crippen LogP contribution in [0.15, 0.2) is 54.9 Å². The number of amides is 1. The molecule has 1 aliphatic rings. The highest BCUT2D eigenvalue weighted by Gasteiger charge is 2.21. The number of primary amides is 1. The molecule has 1 amide bonds. The maximum atomic E-state index is 11.3. The number of hydrogen-bond acceptors (Lipinski definition) is 6. The molecular formula is C21H21N5O3. The number of rotatable bonds is 5. The lowest BCUT2D eigenvalue weighted by Crippen LogP contribution is -2.46. The fourth-order valence-corrected chi connectivity index (χ4v) is 3.77. The number of pyridine rings is 1. The average molecular weight is 391 g/mol. The van der Waals surface area contributed by atoms with E-state index in [1.165, 1.54) is 0 Å². The Kier molecular flexibility index (Phi) is 5.09. The smallest absolute Gasteiger partial charge is 0.278 e. The minimum absolute atomic E-state index is 0.0786. The van der Waals surface area contributed by atoms with Crippen molar-refractivity contribution in [3.05, 3.63) is 76.1 Å². The molecule has 1 aromatic heterocycles. The number of carbonyl (C=O) groups excluding carboxylic acids is 1. The van der Waals surface area contributed by atoms with Crippen molar-refractivity contribution >= 4 is 28.1 Å². The first-order valence-corrected chi connectivity index (χ1v) is 9.40. The van der Waals surface area contributed by atoms with E-state index in [0.29, 0.717) is 10.9 Å². The summed E-state index contributed by atoms with van der Waals surface area (Å²) in [5.74, 6) is -0.421. The standard InChI is InChI=1S/C21H21N5O3/c22-21(27)16-3-1-15(2-4-16)14-24-9-11-25(12-10-24)19-5-6-20(26(28)29)18-13-23-8-7-17(18)19/h1-8,13H,9-12,14H2,(H2,22,27). The predicted molar refractivity (Wildman–Crippen MR) is 111 cm³/mol. The Bertz CT molecular complexity index is 1060. The summed E-state index contributed by atoms with van der Waals surface area (Å²) >= 11 is 0. The van der Waals surface area contributed by atoms with Crippen LogP contribution in [-0.2, 0) is 6.54 Å². The van der Waals surface area contributed by atoms with Gasteiger partial charge in [-0.05, 0) is 29.8 Å². The van der Waals surface area contributed by atoms with E-state index in [2.05, 4.69) is 14.8 Å². The van der Waals surface area contributed by atoms with Gasteiger partial charge in [-0.25, -0.2) is 0 Å². The molecule has 2 heterocycles. The van der Waals surface area contributed by atoms with Crippen molar-refractivity contribution in [2.75, 3.05) is 31.1 Å². The summed E-state index contributed by atoms with van der Waals surface area (Å²) in [5, 5.41) is 12.7. The van der Waals surface area contributed by atoms with E-state index in [0.717, 1.165) is 49.4 Å². The summed E-state index contributed by atoms with van der Waals surface area (Å²) in [4.78, 5) is 30.8. The molecule has 3 aromatic rings. The van der Waals surface area contributed by atoms with Gasteiger partial charge in [0.1, 0.15) is 0 Å². The number of nitro groups is 1. The number of non-ortho nitro benzene ring substituents is 1. The predicted octanol–water partition coefficient (Wildman–Crippen LogP) is 2.56. The molecule has 0 radical (unpaired) electrons. The zero-order valence-corrected chi connectivity index (χ0v) is 15.8. The molecule has 4 rings (SSSR count). The highest BCUT2D eigenvalue weighted by Crippen LogP contribution is 2.33. The van der Waals surface area contributed by atoms with Crippen LogP contribution in [0, 0.1) is 10.1 Å². The van der Waals surface area contributed by atoms with Crippen molar-refractivity contribution in [2.45, 2.75) is 6.54 Å². The normalized spacial score (nSPS) is 14.8. The van der Waals surface area contributed by atoms with Crippen molar-refractivity contribution in [1.82, 2.24) is 9.88 Å². The molecule has 2 N–H and O–H groups in total. The first kappa shape index (κ1) is 18.8. The molecule has 1 saturated heterocycles. The Morgan fingerprint density at radius 3 is 2.41 bits per heavy atom. The number of nitrogens with two attached hydrogens (primary N) is 1. The molecular weight excluding hydrogens is 370 g/mol. The van der Waals surface area contributed by atoms with Gasteiger partial charge in [-0.2, -0.15) is 0 Å². The van der Waals surface area contributed by atoms with E-state index >= 15 is 0 Å². The van der Waals surface area contributed by atoms with Crippen molar-refractivity contribution < 1.29 is 9.72 Å². The zero-order chi connectivity index (χ0) is 20.4. The van der Waals surface area contributed by atoms with Crippen molar-refractivity contribution in [1.29, 1.82) is 0 Å². The van der Waals surface area contributed by atoms with E-state index < -0.39 is 5.91 Å². The molecule has 0 aliphatic carbocycles. The molecule has 2 aromatic carbocycles. The molecule has 1 fully saturated rings. The second kappa shape index (κ2) is 7.84. The number of aromatic nitrogens is 1. The first-order chi connectivity index (χ1) is 14.0. The number of piperazine rings is 1. The fraction of sp³-hybridized carbons (Fsp3) is 0.238. The minimum atomic E-state index is -0.421. The molecule has 1 aliphatic heterocycles. The van der Waals surface area contributed by atoms with E-state index in [4.69, 9.17) is 5.73 Å². The van der Waals surface area contributed by atoms with Crippen LogP contribution in [0.3, 0.4) is 0 Å². The van der Waals surface area contributed by atoms with Crippen molar-refractivity contribution in [2.24, 2.45) is 5.73 Å². The van der Waals surface area contributed by atoms with Crippen LogP contribution in [0.4, 0.5) is 11.4 Å². The number of fused-ring (bicyclic) bond motifs is 1. The lowest BCUT2D eigenvalue weighted by Gasteiger charge is -2.36. The SMILES string of the molecule is NC(=O)c1ccc(CN2CCN(c3ccc([N+](=O)[O-])c4cnccc34)CC2)cc1. The summed E-state index contributed by atoms with van der Waals surface area (Å²) in [5.41, 5.74) is 8.01. The molecule has 0 saturated carbocycles. The second-order valence-electron chi connectivity index (χ2n) is 7.11. The Morgan fingerprint density at radius 2 is 1.76 bits per heavy atom. The maximum Gasteiger partial charge on any atom is 0.278 e. The van der Waals surface area contributed by atoms with Crippen LogP contribution in [0.1, 0.15) is 15.9 Å². The van der Waals surface area contributed by atoms with Crippen LogP contribution >= 0.6 is 0 Å². The summed E-state index contributed by atoms with van der Waals surface area (Å²) in [7, 11) is 0. The number of nitro benzene ring substituents is 1. The van der Waals surface area contributed by atoms with Crippen LogP contribution in [0.2, 0.25) is 0 Å². The third-order valence-electron chi connectivity index (χ3n) is 5.33. The van der Waals surface area contributed by atoms with Gasteiger partial charge in [0, 0.05) is 67.8 Å². The highest BCUT2D eigenvalue weighted by molar-refractivity contribution is 5.99. The molecule has 8 heteroatoms. The van der Waals surface area contributed by atoms with Gasteiger partial charge >= 0.3 is 0 Å². The quantitative estimate of drug-likeness (QED) is 0.529. The summed E-state index contributed by atoms with van der Waals surface area (Å²) in [6.07, 6.45) is 3.23. The van der Waals surface area contributed by atoms with Gasteiger partial charge in [0.2, 0.25) is 5.91 Å². The highest BCUT2D eigenvalue weighted by atomic mass is 16.6. The van der Waals surface area contributed by atoms with Gasteiger partial charge in [0.25, 0.3) is 5.69 Å². The lowest BCUT2D eigenvalue weighted by molar-refractivity contribution is -0.383. The van der Waals surface area contributed by atoms with Crippen molar-refractivity contribution in [3.8, 4) is 0 Å². The van der Waals surface area contributed by atoms with Crippen LogP contribution in [-0.4, -0.2) is 46.9 Å². The van der Waals surface area contributed by atoms with E-state index in [1.54, 1.807) is 30.6 Å². The summed E-state index contributed by atoms with van der Waals surface area (Å²) in [6, 6.07) is 12.6. The Hall–Kier alpha value is -3.52. The molecule has 0 unspecified atom stereocenters. The Morgan fingerprint density at radius 1 is 1.03 bits per heavy atom. The first-order valence-electron chi connectivity index (χ1n) is 9.40. The molecule has 148 valence electrons. The zero-order valence-electron chi connectivity index (χ0n) is 15.8. The molecule has 8 nitrogen and oxygen atoms in total. The van der Waals surface area contributed by atoms with Crippen LogP contribution in [0.25, 0.3) is 10.8 Å². The summed E-state index contributed by atoms with van der Waals surface area (Å²) < 4.78 is 0. The Labute approximate surface area is 167 Å². The number of hydrogen-bond donors (Lipinski definition) is 1. The van der Waals surface area contributed by atoms with Gasteiger partial charge in [0.05, 0.1) is 10.3 Å². The number of nitrogens with zero attached hydrogens (tertiary/aromatic N) is 4. The monoisotopic (exact) mass is 391 g/mol. The lowest BCUT2D eigenvalue weighted by atomic mass is 10.1. The number of anilines is 1. The fourth-order valence-electron chi connectivity index (χ4n) is 3.77. The molecule has 0 spiro atoms. The van der Waals surface area contributed by atoms with E-state index in [9.17, 15) is 14.9 Å². The number of benzene rings is 2. The van der Waals surface area contributed by atoms with Gasteiger partial charge < -0.3 is 10.6 Å². The third kappa shape index (κ3) is 3.88. The third-order valence-corrected chi connectivity index (χ3v) is 5.33. The molecule has 29 heavy (non-hydrogen) atoms. The van der Waals surface area contributed by atoms with Crippen molar-refractivity contribution in [3.63, 3.8) is 0 Å². The average Bonchev–Trinajstić information content (AvgIpc) is 2.74. The Balaban J connectivity index is 1.47. The topological polar surface area (TPSA) is 106 Å². The van der Waals surface area contributed by atoms with Crippen LogP contribution in [0.5, 0.6) is 0 Å².